The molecular weight excluding hydrogens is 326 g/mol. The number of carbonyl (C=O) groups excluding carboxylic acids is 1. The van der Waals surface area contributed by atoms with Crippen molar-refractivity contribution in [1.29, 1.82) is 0 Å². The highest BCUT2D eigenvalue weighted by Gasteiger charge is 2.27. The molecule has 1 fully saturated rings. The summed E-state index contributed by atoms with van der Waals surface area (Å²) < 4.78 is 0. The number of likely N-dealkylation sites (N-methyl/N-ethyl adjacent to an activating group) is 1. The highest BCUT2D eigenvalue weighted by atomic mass is 32.2. The maximum atomic E-state index is 12.6. The molecule has 1 aliphatic rings. The number of carbonyl (C=O) groups is 1. The molecule has 1 aliphatic heterocycles. The van der Waals surface area contributed by atoms with Gasteiger partial charge < -0.3 is 0 Å². The largest absolute Gasteiger partial charge is 0.290 e. The average Bonchev–Trinajstić information content (AvgIpc) is 3.10. The summed E-state index contributed by atoms with van der Waals surface area (Å²) in [6, 6.07) is 8.98. The summed E-state index contributed by atoms with van der Waals surface area (Å²) in [5.41, 5.74) is 2.57. The van der Waals surface area contributed by atoms with Gasteiger partial charge in [-0.2, -0.15) is 11.8 Å². The number of rotatable bonds is 4. The van der Waals surface area contributed by atoms with E-state index in [1.165, 1.54) is 22.5 Å². The van der Waals surface area contributed by atoms with Gasteiger partial charge in [-0.05, 0) is 12.5 Å². The molecule has 122 valence electrons. The van der Waals surface area contributed by atoms with Gasteiger partial charge in [-0.25, -0.2) is 4.98 Å². The molecule has 0 spiro atoms. The first kappa shape index (κ1) is 16.5. The van der Waals surface area contributed by atoms with E-state index in [1.807, 2.05) is 17.1 Å². The Morgan fingerprint density at radius 3 is 2.87 bits per heavy atom. The Kier molecular flexibility index (Phi) is 5.35. The molecule has 3 rings (SSSR count). The van der Waals surface area contributed by atoms with Gasteiger partial charge in [-0.1, -0.05) is 29.8 Å². The second-order valence-corrected chi connectivity index (χ2v) is 7.76. The monoisotopic (exact) mass is 347 g/mol. The first-order valence-corrected chi connectivity index (χ1v) is 9.73. The van der Waals surface area contributed by atoms with Crippen LogP contribution in [-0.4, -0.2) is 47.4 Å². The molecule has 6 heteroatoms. The van der Waals surface area contributed by atoms with Gasteiger partial charge in [-0.3, -0.25) is 14.6 Å². The standard InChI is InChI=1S/C17H21N3OS2/c1-13-3-5-14(6-4-13)15-12-22-10-8-20(15)11-16(21)19(2)17-18-7-9-23-17/h3-7,9,15H,8,10-12H2,1-2H3. The molecule has 23 heavy (non-hydrogen) atoms. The van der Waals surface area contributed by atoms with Crippen LogP contribution in [-0.2, 0) is 4.79 Å². The highest BCUT2D eigenvalue weighted by Crippen LogP contribution is 2.30. The van der Waals surface area contributed by atoms with Gasteiger partial charge in [0.2, 0.25) is 5.91 Å². The third-order valence-electron chi connectivity index (χ3n) is 4.12. The van der Waals surface area contributed by atoms with E-state index in [1.54, 1.807) is 18.1 Å². The number of hydrogen-bond acceptors (Lipinski definition) is 5. The maximum absolute atomic E-state index is 12.6. The number of hydrogen-bond donors (Lipinski definition) is 0. The zero-order valence-electron chi connectivity index (χ0n) is 13.4. The van der Waals surface area contributed by atoms with Gasteiger partial charge in [0, 0.05) is 42.7 Å². The number of amides is 1. The lowest BCUT2D eigenvalue weighted by atomic mass is 10.0. The van der Waals surface area contributed by atoms with Gasteiger partial charge in [0.15, 0.2) is 5.13 Å². The van der Waals surface area contributed by atoms with Crippen LogP contribution in [0, 0.1) is 6.92 Å². The Balaban J connectivity index is 1.71. The second-order valence-electron chi connectivity index (χ2n) is 5.74. The average molecular weight is 348 g/mol. The molecule has 2 heterocycles. The van der Waals surface area contributed by atoms with Crippen LogP contribution >= 0.6 is 23.1 Å². The van der Waals surface area contributed by atoms with Crippen molar-refractivity contribution in [3.63, 3.8) is 0 Å². The summed E-state index contributed by atoms with van der Waals surface area (Å²) in [6.07, 6.45) is 1.73. The molecular formula is C17H21N3OS2. The van der Waals surface area contributed by atoms with Crippen molar-refractivity contribution in [2.45, 2.75) is 13.0 Å². The summed E-state index contributed by atoms with van der Waals surface area (Å²) in [5, 5.41) is 2.65. The number of benzene rings is 1. The number of anilines is 1. The number of aryl methyl sites for hydroxylation is 1. The lowest BCUT2D eigenvalue weighted by molar-refractivity contribution is -0.119. The third kappa shape index (κ3) is 3.94. The van der Waals surface area contributed by atoms with Crippen LogP contribution in [0.5, 0.6) is 0 Å². The maximum Gasteiger partial charge on any atom is 0.242 e. The van der Waals surface area contributed by atoms with Crippen LogP contribution in [0.15, 0.2) is 35.8 Å². The highest BCUT2D eigenvalue weighted by molar-refractivity contribution is 7.99. The van der Waals surface area contributed by atoms with E-state index in [2.05, 4.69) is 41.1 Å². The Morgan fingerprint density at radius 1 is 1.39 bits per heavy atom. The molecule has 2 aromatic rings. The van der Waals surface area contributed by atoms with Crippen LogP contribution in [0.1, 0.15) is 17.2 Å². The Labute approximate surface area is 145 Å². The van der Waals surface area contributed by atoms with E-state index in [4.69, 9.17) is 0 Å². The van der Waals surface area contributed by atoms with Crippen LogP contribution in [0.3, 0.4) is 0 Å². The number of thioether (sulfide) groups is 1. The van der Waals surface area contributed by atoms with E-state index in [-0.39, 0.29) is 5.91 Å². The fourth-order valence-electron chi connectivity index (χ4n) is 2.69. The minimum absolute atomic E-state index is 0.101. The number of nitrogens with zero attached hydrogens (tertiary/aromatic N) is 3. The Bertz CT molecular complexity index is 642. The number of aromatic nitrogens is 1. The van der Waals surface area contributed by atoms with E-state index in [9.17, 15) is 4.79 Å². The predicted molar refractivity (Wildman–Crippen MR) is 98.3 cm³/mol. The molecule has 0 N–H and O–H groups in total. The van der Waals surface area contributed by atoms with Crippen molar-refractivity contribution in [1.82, 2.24) is 9.88 Å². The molecule has 1 atom stereocenters. The topological polar surface area (TPSA) is 36.4 Å². The second kappa shape index (κ2) is 7.47. The fraction of sp³-hybridized carbons (Fsp3) is 0.412. The molecule has 0 bridgehead atoms. The van der Waals surface area contributed by atoms with Crippen LogP contribution in [0.25, 0.3) is 0 Å². The van der Waals surface area contributed by atoms with Crippen molar-refractivity contribution in [2.24, 2.45) is 0 Å². The SMILES string of the molecule is Cc1ccc(C2CSCCN2CC(=O)N(C)c2nccs2)cc1. The van der Waals surface area contributed by atoms with Crippen molar-refractivity contribution in [3.8, 4) is 0 Å². The zero-order chi connectivity index (χ0) is 16.2. The van der Waals surface area contributed by atoms with Crippen LogP contribution in [0.4, 0.5) is 5.13 Å². The quantitative estimate of drug-likeness (QED) is 0.851. The Morgan fingerprint density at radius 2 is 2.17 bits per heavy atom. The molecule has 0 aliphatic carbocycles. The summed E-state index contributed by atoms with van der Waals surface area (Å²) in [5.74, 6) is 2.22. The summed E-state index contributed by atoms with van der Waals surface area (Å²) in [4.78, 5) is 20.8. The first-order chi connectivity index (χ1) is 11.1. The zero-order valence-corrected chi connectivity index (χ0v) is 15.1. The Hall–Kier alpha value is -1.37. The van der Waals surface area contributed by atoms with E-state index in [0.717, 1.165) is 23.2 Å². The normalized spacial score (nSPS) is 18.8. The van der Waals surface area contributed by atoms with Crippen LogP contribution in [0.2, 0.25) is 0 Å². The van der Waals surface area contributed by atoms with Crippen LogP contribution < -0.4 is 4.90 Å². The van der Waals surface area contributed by atoms with Gasteiger partial charge in [0.05, 0.1) is 6.54 Å². The minimum atomic E-state index is 0.101. The number of thiazole rings is 1. The summed E-state index contributed by atoms with van der Waals surface area (Å²) in [6.45, 7) is 3.49. The lowest BCUT2D eigenvalue weighted by Gasteiger charge is -2.35. The molecule has 1 aromatic heterocycles. The lowest BCUT2D eigenvalue weighted by Crippen LogP contribution is -2.43. The fourth-order valence-corrected chi connectivity index (χ4v) is 4.47. The van der Waals surface area contributed by atoms with Gasteiger partial charge in [0.1, 0.15) is 0 Å². The summed E-state index contributed by atoms with van der Waals surface area (Å²) in [7, 11) is 1.81. The molecule has 0 saturated carbocycles. The molecule has 1 amide bonds. The first-order valence-electron chi connectivity index (χ1n) is 7.69. The van der Waals surface area contributed by atoms with Gasteiger partial charge in [0.25, 0.3) is 0 Å². The van der Waals surface area contributed by atoms with Gasteiger partial charge >= 0.3 is 0 Å². The molecule has 1 aromatic carbocycles. The van der Waals surface area contributed by atoms with Gasteiger partial charge in [-0.15, -0.1) is 11.3 Å². The van der Waals surface area contributed by atoms with Crippen molar-refractivity contribution < 1.29 is 4.79 Å². The van der Waals surface area contributed by atoms with Crippen molar-refractivity contribution >= 4 is 34.1 Å². The van der Waals surface area contributed by atoms with E-state index < -0.39 is 0 Å². The van der Waals surface area contributed by atoms with E-state index >= 15 is 0 Å². The molecule has 1 unspecified atom stereocenters. The predicted octanol–water partition coefficient (Wildman–Crippen LogP) is 3.20. The molecule has 4 nitrogen and oxygen atoms in total. The minimum Gasteiger partial charge on any atom is -0.290 e. The van der Waals surface area contributed by atoms with Crippen molar-refractivity contribution in [2.75, 3.05) is 36.5 Å². The molecule has 1 saturated heterocycles. The molecule has 0 radical (unpaired) electrons. The smallest absolute Gasteiger partial charge is 0.242 e. The summed E-state index contributed by atoms with van der Waals surface area (Å²) >= 11 is 3.45. The third-order valence-corrected chi connectivity index (χ3v) is 5.99. The van der Waals surface area contributed by atoms with E-state index in [0.29, 0.717) is 12.6 Å². The van der Waals surface area contributed by atoms with Crippen molar-refractivity contribution in [3.05, 3.63) is 47.0 Å².